The van der Waals surface area contributed by atoms with E-state index in [0.717, 1.165) is 31.3 Å². The van der Waals surface area contributed by atoms with Gasteiger partial charge in [-0.05, 0) is 31.3 Å². The van der Waals surface area contributed by atoms with Gasteiger partial charge in [0.2, 0.25) is 0 Å². The third kappa shape index (κ3) is 1.48. The standard InChI is InChI=1S/C12H16O/c1-2-3-5-9-8-10-6-4-7-11(13)12(9)10/h6H,2-5,7-8H2,1H3. The third-order valence-electron chi connectivity index (χ3n) is 2.95. The second-order valence-electron chi connectivity index (χ2n) is 3.95. The molecule has 0 saturated heterocycles. The zero-order valence-electron chi connectivity index (χ0n) is 8.23. The molecule has 2 rings (SSSR count). The molecule has 1 nitrogen and oxygen atoms in total. The van der Waals surface area contributed by atoms with Crippen LogP contribution >= 0.6 is 0 Å². The molecule has 0 aromatic carbocycles. The number of Topliss-reactive ketones (excluding diaryl/α,β-unsaturated/α-hetero) is 1. The predicted molar refractivity (Wildman–Crippen MR) is 53.5 cm³/mol. The van der Waals surface area contributed by atoms with Gasteiger partial charge in [-0.25, -0.2) is 0 Å². The van der Waals surface area contributed by atoms with Crippen molar-refractivity contribution in [3.8, 4) is 0 Å². The number of rotatable bonds is 3. The molecular formula is C12H16O. The highest BCUT2D eigenvalue weighted by atomic mass is 16.1. The van der Waals surface area contributed by atoms with E-state index in [2.05, 4.69) is 13.0 Å². The minimum Gasteiger partial charge on any atom is -0.294 e. The van der Waals surface area contributed by atoms with Gasteiger partial charge in [-0.3, -0.25) is 4.79 Å². The molecular weight excluding hydrogens is 160 g/mol. The van der Waals surface area contributed by atoms with E-state index in [-0.39, 0.29) is 0 Å². The van der Waals surface area contributed by atoms with Crippen LogP contribution < -0.4 is 0 Å². The van der Waals surface area contributed by atoms with Crippen LogP contribution in [0.2, 0.25) is 0 Å². The molecule has 0 unspecified atom stereocenters. The molecule has 0 radical (unpaired) electrons. The molecule has 13 heavy (non-hydrogen) atoms. The number of ketones is 1. The van der Waals surface area contributed by atoms with Crippen LogP contribution in [0.15, 0.2) is 22.8 Å². The second-order valence-corrected chi connectivity index (χ2v) is 3.95. The molecule has 0 heterocycles. The van der Waals surface area contributed by atoms with Crippen molar-refractivity contribution < 1.29 is 4.79 Å². The quantitative estimate of drug-likeness (QED) is 0.645. The molecule has 0 atom stereocenters. The van der Waals surface area contributed by atoms with Crippen LogP contribution in [0.25, 0.3) is 0 Å². The molecule has 0 fully saturated rings. The first-order chi connectivity index (χ1) is 6.33. The molecule has 0 aliphatic heterocycles. The Hall–Kier alpha value is -0.850. The number of allylic oxidation sites excluding steroid dienone is 4. The summed E-state index contributed by atoms with van der Waals surface area (Å²) in [7, 11) is 0. The van der Waals surface area contributed by atoms with Gasteiger partial charge in [0.05, 0.1) is 0 Å². The van der Waals surface area contributed by atoms with Crippen LogP contribution in [-0.4, -0.2) is 5.78 Å². The van der Waals surface area contributed by atoms with Gasteiger partial charge in [0.25, 0.3) is 0 Å². The van der Waals surface area contributed by atoms with E-state index in [1.165, 1.54) is 24.0 Å². The summed E-state index contributed by atoms with van der Waals surface area (Å²) in [6.07, 6.45) is 8.67. The average molecular weight is 176 g/mol. The number of carbonyl (C=O) groups is 1. The second kappa shape index (κ2) is 3.49. The van der Waals surface area contributed by atoms with Crippen molar-refractivity contribution in [2.45, 2.75) is 45.4 Å². The van der Waals surface area contributed by atoms with Crippen LogP contribution in [0.5, 0.6) is 0 Å². The molecule has 2 aliphatic rings. The Bertz CT molecular complexity index is 294. The van der Waals surface area contributed by atoms with E-state index in [1.807, 2.05) is 0 Å². The molecule has 0 aromatic heterocycles. The van der Waals surface area contributed by atoms with E-state index in [9.17, 15) is 4.79 Å². The molecule has 0 aromatic rings. The zero-order valence-corrected chi connectivity index (χ0v) is 8.23. The van der Waals surface area contributed by atoms with Gasteiger partial charge in [0.15, 0.2) is 5.78 Å². The molecule has 70 valence electrons. The molecule has 0 saturated carbocycles. The first kappa shape index (κ1) is 8.74. The van der Waals surface area contributed by atoms with Crippen LogP contribution in [0, 0.1) is 0 Å². The zero-order chi connectivity index (χ0) is 9.26. The molecule has 2 aliphatic carbocycles. The molecule has 0 amide bonds. The van der Waals surface area contributed by atoms with Crippen LogP contribution in [0.4, 0.5) is 0 Å². The average Bonchev–Trinajstić information content (AvgIpc) is 2.07. The summed E-state index contributed by atoms with van der Waals surface area (Å²) in [6, 6.07) is 0. The SMILES string of the molecule is CCCCC1=C2C(=O)CCC=C2C1. The van der Waals surface area contributed by atoms with Gasteiger partial charge < -0.3 is 0 Å². The van der Waals surface area contributed by atoms with Gasteiger partial charge in [-0.15, -0.1) is 0 Å². The summed E-state index contributed by atoms with van der Waals surface area (Å²) < 4.78 is 0. The van der Waals surface area contributed by atoms with Crippen molar-refractivity contribution in [1.29, 1.82) is 0 Å². The first-order valence-corrected chi connectivity index (χ1v) is 5.27. The van der Waals surface area contributed by atoms with E-state index >= 15 is 0 Å². The Kier molecular flexibility index (Phi) is 2.34. The number of hydrogen-bond donors (Lipinski definition) is 0. The minimum atomic E-state index is 0.398. The van der Waals surface area contributed by atoms with Crippen molar-refractivity contribution >= 4 is 5.78 Å². The van der Waals surface area contributed by atoms with Gasteiger partial charge in [-0.1, -0.05) is 25.0 Å². The van der Waals surface area contributed by atoms with Crippen LogP contribution in [0.1, 0.15) is 45.4 Å². The Morgan fingerprint density at radius 3 is 3.00 bits per heavy atom. The number of fused-ring (bicyclic) bond motifs is 1. The third-order valence-corrected chi connectivity index (χ3v) is 2.95. The predicted octanol–water partition coefficient (Wildman–Crippen LogP) is 3.17. The highest BCUT2D eigenvalue weighted by Crippen LogP contribution is 2.40. The summed E-state index contributed by atoms with van der Waals surface area (Å²) in [6.45, 7) is 2.20. The van der Waals surface area contributed by atoms with Gasteiger partial charge in [0, 0.05) is 12.0 Å². The smallest absolute Gasteiger partial charge is 0.163 e. The Labute approximate surface area is 79.5 Å². The van der Waals surface area contributed by atoms with Gasteiger partial charge >= 0.3 is 0 Å². The summed E-state index contributed by atoms with van der Waals surface area (Å²) in [4.78, 5) is 11.5. The lowest BCUT2D eigenvalue weighted by molar-refractivity contribution is -0.115. The van der Waals surface area contributed by atoms with E-state index in [4.69, 9.17) is 0 Å². The lowest BCUT2D eigenvalue weighted by Gasteiger charge is -2.29. The fourth-order valence-corrected chi connectivity index (χ4v) is 2.18. The summed E-state index contributed by atoms with van der Waals surface area (Å²) >= 11 is 0. The van der Waals surface area contributed by atoms with Crippen molar-refractivity contribution in [1.82, 2.24) is 0 Å². The molecule has 0 spiro atoms. The fraction of sp³-hybridized carbons (Fsp3) is 0.583. The normalized spacial score (nSPS) is 21.0. The van der Waals surface area contributed by atoms with Crippen LogP contribution in [0.3, 0.4) is 0 Å². The minimum absolute atomic E-state index is 0.398. The van der Waals surface area contributed by atoms with Gasteiger partial charge in [0.1, 0.15) is 0 Å². The van der Waals surface area contributed by atoms with Gasteiger partial charge in [-0.2, -0.15) is 0 Å². The Balaban J connectivity index is 2.12. The monoisotopic (exact) mass is 176 g/mol. The topological polar surface area (TPSA) is 17.1 Å². The van der Waals surface area contributed by atoms with E-state index < -0.39 is 0 Å². The number of carbonyl (C=O) groups excluding carboxylic acids is 1. The molecule has 1 heteroatoms. The Morgan fingerprint density at radius 1 is 1.46 bits per heavy atom. The van der Waals surface area contributed by atoms with Crippen molar-refractivity contribution in [3.05, 3.63) is 22.8 Å². The summed E-state index contributed by atoms with van der Waals surface area (Å²) in [5.74, 6) is 0.398. The van der Waals surface area contributed by atoms with E-state index in [1.54, 1.807) is 0 Å². The van der Waals surface area contributed by atoms with Crippen molar-refractivity contribution in [2.24, 2.45) is 0 Å². The summed E-state index contributed by atoms with van der Waals surface area (Å²) in [5, 5.41) is 0. The lowest BCUT2D eigenvalue weighted by Crippen LogP contribution is -2.20. The number of hydrogen-bond acceptors (Lipinski definition) is 1. The van der Waals surface area contributed by atoms with Crippen LogP contribution in [-0.2, 0) is 4.79 Å². The van der Waals surface area contributed by atoms with Crippen molar-refractivity contribution in [3.63, 3.8) is 0 Å². The van der Waals surface area contributed by atoms with Crippen molar-refractivity contribution in [2.75, 3.05) is 0 Å². The molecule has 0 N–H and O–H groups in total. The first-order valence-electron chi connectivity index (χ1n) is 5.27. The maximum absolute atomic E-state index is 11.5. The maximum Gasteiger partial charge on any atom is 0.163 e. The maximum atomic E-state index is 11.5. The summed E-state index contributed by atoms with van der Waals surface area (Å²) in [5.41, 5.74) is 3.87. The fourth-order valence-electron chi connectivity index (χ4n) is 2.18. The highest BCUT2D eigenvalue weighted by molar-refractivity contribution is 6.03. The lowest BCUT2D eigenvalue weighted by atomic mass is 9.74. The van der Waals surface area contributed by atoms with E-state index in [0.29, 0.717) is 5.78 Å². The largest absolute Gasteiger partial charge is 0.294 e. The Morgan fingerprint density at radius 2 is 2.31 bits per heavy atom. The molecule has 0 bridgehead atoms. The number of unbranched alkanes of at least 4 members (excludes halogenated alkanes) is 1. The highest BCUT2D eigenvalue weighted by Gasteiger charge is 2.29.